The molecule has 3 rings (SSSR count). The lowest BCUT2D eigenvalue weighted by molar-refractivity contribution is -0.145. The summed E-state index contributed by atoms with van der Waals surface area (Å²) in [6, 6.07) is 4.65. The van der Waals surface area contributed by atoms with Crippen LogP contribution in [0.25, 0.3) is 11.0 Å². The van der Waals surface area contributed by atoms with Gasteiger partial charge in [-0.3, -0.25) is 9.69 Å². The van der Waals surface area contributed by atoms with Crippen LogP contribution in [0.15, 0.2) is 24.3 Å². The Kier molecular flexibility index (Phi) is 5.73. The molecular formula is C19H25N5O5. The molecular weight excluding hydrogens is 378 g/mol. The number of hydrogen-bond donors (Lipinski definition) is 4. The van der Waals surface area contributed by atoms with Crippen LogP contribution in [0.1, 0.15) is 20.8 Å². The monoisotopic (exact) mass is 403 g/mol. The standard InChI is InChI=1S/C19H25N5O5/c1-10(2)14(16(26)21-15(11(3)25)17(27)28)22-19(29)24-9-8-23-13-7-5-4-6-12(13)20-18(23)24/h4-7,10-11,14-15,25H,8-9H2,1-3H3,(H,21,26)(H,22,29)(H,27,28)/t11-,14+,15+/m1/s1. The number of carboxylic acids is 1. The zero-order valence-electron chi connectivity index (χ0n) is 16.5. The van der Waals surface area contributed by atoms with Crippen LogP contribution in [-0.2, 0) is 16.1 Å². The molecule has 1 aromatic heterocycles. The van der Waals surface area contributed by atoms with Crippen LogP contribution in [0.4, 0.5) is 10.7 Å². The fourth-order valence-corrected chi connectivity index (χ4v) is 3.36. The second kappa shape index (κ2) is 8.08. The van der Waals surface area contributed by atoms with Crippen molar-refractivity contribution in [3.8, 4) is 0 Å². The highest BCUT2D eigenvalue weighted by Crippen LogP contribution is 2.27. The molecule has 10 heteroatoms. The first-order chi connectivity index (χ1) is 13.7. The van der Waals surface area contributed by atoms with Crippen molar-refractivity contribution >= 4 is 34.9 Å². The van der Waals surface area contributed by atoms with E-state index >= 15 is 0 Å². The molecule has 3 atom stereocenters. The summed E-state index contributed by atoms with van der Waals surface area (Å²) in [5.74, 6) is -1.83. The number of amides is 3. The van der Waals surface area contributed by atoms with E-state index in [1.54, 1.807) is 13.8 Å². The van der Waals surface area contributed by atoms with E-state index in [1.165, 1.54) is 11.8 Å². The quantitative estimate of drug-likeness (QED) is 0.556. The van der Waals surface area contributed by atoms with Gasteiger partial charge in [0.1, 0.15) is 6.04 Å². The highest BCUT2D eigenvalue weighted by Gasteiger charge is 2.34. The molecule has 2 aromatic rings. The van der Waals surface area contributed by atoms with Crippen molar-refractivity contribution in [3.63, 3.8) is 0 Å². The molecule has 10 nitrogen and oxygen atoms in total. The van der Waals surface area contributed by atoms with E-state index in [4.69, 9.17) is 5.11 Å². The average Bonchev–Trinajstić information content (AvgIpc) is 3.22. The molecule has 0 aliphatic carbocycles. The van der Waals surface area contributed by atoms with Gasteiger partial charge < -0.3 is 25.4 Å². The highest BCUT2D eigenvalue weighted by molar-refractivity contribution is 5.97. The van der Waals surface area contributed by atoms with E-state index in [-0.39, 0.29) is 5.92 Å². The molecule has 0 saturated heterocycles. The molecule has 3 amide bonds. The van der Waals surface area contributed by atoms with Crippen molar-refractivity contribution < 1.29 is 24.6 Å². The van der Waals surface area contributed by atoms with Crippen molar-refractivity contribution in [1.29, 1.82) is 0 Å². The summed E-state index contributed by atoms with van der Waals surface area (Å²) >= 11 is 0. The van der Waals surface area contributed by atoms with E-state index in [9.17, 15) is 19.5 Å². The number of urea groups is 1. The number of aliphatic hydroxyl groups is 1. The summed E-state index contributed by atoms with van der Waals surface area (Å²) in [4.78, 5) is 42.7. The maximum Gasteiger partial charge on any atom is 0.328 e. The van der Waals surface area contributed by atoms with E-state index in [1.807, 2.05) is 28.8 Å². The zero-order valence-corrected chi connectivity index (χ0v) is 16.5. The van der Waals surface area contributed by atoms with Crippen molar-refractivity contribution in [1.82, 2.24) is 20.2 Å². The molecule has 0 unspecified atom stereocenters. The summed E-state index contributed by atoms with van der Waals surface area (Å²) in [6.07, 6.45) is -1.28. The van der Waals surface area contributed by atoms with Gasteiger partial charge in [-0.2, -0.15) is 0 Å². The number of carbonyl (C=O) groups is 3. The Labute approximate surface area is 167 Å². The summed E-state index contributed by atoms with van der Waals surface area (Å²) in [5, 5.41) is 23.7. The molecule has 156 valence electrons. The van der Waals surface area contributed by atoms with Gasteiger partial charge in [0.2, 0.25) is 11.9 Å². The lowest BCUT2D eigenvalue weighted by Crippen LogP contribution is -2.58. The van der Waals surface area contributed by atoms with Crippen LogP contribution in [0.5, 0.6) is 0 Å². The number of aromatic nitrogens is 2. The average molecular weight is 403 g/mol. The van der Waals surface area contributed by atoms with Gasteiger partial charge >= 0.3 is 12.0 Å². The van der Waals surface area contributed by atoms with Crippen LogP contribution in [-0.4, -0.2) is 62.4 Å². The number of hydrogen-bond acceptors (Lipinski definition) is 5. The van der Waals surface area contributed by atoms with Crippen LogP contribution < -0.4 is 15.5 Å². The van der Waals surface area contributed by atoms with E-state index < -0.39 is 36.1 Å². The minimum Gasteiger partial charge on any atom is -0.480 e. The first-order valence-electron chi connectivity index (χ1n) is 9.45. The fraction of sp³-hybridized carbons (Fsp3) is 0.474. The molecule has 29 heavy (non-hydrogen) atoms. The van der Waals surface area contributed by atoms with Gasteiger partial charge in [-0.25, -0.2) is 14.6 Å². The number of aliphatic hydroxyl groups excluding tert-OH is 1. The number of nitrogens with zero attached hydrogens (tertiary/aromatic N) is 3. The summed E-state index contributed by atoms with van der Waals surface area (Å²) in [6.45, 7) is 5.75. The summed E-state index contributed by atoms with van der Waals surface area (Å²) < 4.78 is 1.94. The molecule has 1 aliphatic heterocycles. The first-order valence-corrected chi connectivity index (χ1v) is 9.45. The molecule has 0 spiro atoms. The van der Waals surface area contributed by atoms with Crippen molar-refractivity contribution in [3.05, 3.63) is 24.3 Å². The maximum absolute atomic E-state index is 12.9. The van der Waals surface area contributed by atoms with E-state index in [0.717, 1.165) is 11.0 Å². The van der Waals surface area contributed by atoms with E-state index in [2.05, 4.69) is 15.6 Å². The Morgan fingerprint density at radius 3 is 2.38 bits per heavy atom. The van der Waals surface area contributed by atoms with Gasteiger partial charge in [-0.15, -0.1) is 0 Å². The number of imidazole rings is 1. The number of anilines is 1. The molecule has 0 saturated carbocycles. The Bertz CT molecular complexity index is 938. The lowest BCUT2D eigenvalue weighted by Gasteiger charge is -2.26. The maximum atomic E-state index is 12.9. The molecule has 2 heterocycles. The van der Waals surface area contributed by atoms with Crippen LogP contribution in [0, 0.1) is 5.92 Å². The zero-order chi connectivity index (χ0) is 21.3. The summed E-state index contributed by atoms with van der Waals surface area (Å²) in [7, 11) is 0. The topological polar surface area (TPSA) is 137 Å². The third-order valence-corrected chi connectivity index (χ3v) is 4.94. The number of para-hydroxylation sites is 2. The number of aliphatic carboxylic acids is 1. The number of fused-ring (bicyclic) bond motifs is 3. The normalized spacial score (nSPS) is 16.4. The molecule has 1 aliphatic rings. The third-order valence-electron chi connectivity index (χ3n) is 4.94. The van der Waals surface area contributed by atoms with Crippen LogP contribution in [0.3, 0.4) is 0 Å². The van der Waals surface area contributed by atoms with Gasteiger partial charge in [0.15, 0.2) is 6.04 Å². The Morgan fingerprint density at radius 1 is 1.07 bits per heavy atom. The van der Waals surface area contributed by atoms with Gasteiger partial charge in [0.25, 0.3) is 0 Å². The van der Waals surface area contributed by atoms with Crippen molar-refractivity contribution in [2.24, 2.45) is 5.92 Å². The highest BCUT2D eigenvalue weighted by atomic mass is 16.4. The molecule has 0 bridgehead atoms. The van der Waals surface area contributed by atoms with Gasteiger partial charge in [0, 0.05) is 13.1 Å². The van der Waals surface area contributed by atoms with Crippen molar-refractivity contribution in [2.45, 2.75) is 45.5 Å². The molecule has 1 aromatic carbocycles. The fourth-order valence-electron chi connectivity index (χ4n) is 3.36. The van der Waals surface area contributed by atoms with Crippen LogP contribution >= 0.6 is 0 Å². The number of nitrogens with one attached hydrogen (secondary N) is 2. The first kappa shape index (κ1) is 20.6. The predicted octanol–water partition coefficient (Wildman–Crippen LogP) is 0.541. The third kappa shape index (κ3) is 4.02. The van der Waals surface area contributed by atoms with Crippen molar-refractivity contribution in [2.75, 3.05) is 11.4 Å². The Hall–Kier alpha value is -3.14. The molecule has 4 N–H and O–H groups in total. The number of rotatable bonds is 6. The minimum atomic E-state index is -1.46. The Morgan fingerprint density at radius 2 is 1.76 bits per heavy atom. The minimum absolute atomic E-state index is 0.302. The largest absolute Gasteiger partial charge is 0.480 e. The number of carbonyl (C=O) groups excluding carboxylic acids is 2. The van der Waals surface area contributed by atoms with E-state index in [0.29, 0.717) is 19.0 Å². The lowest BCUT2D eigenvalue weighted by atomic mass is 10.0. The number of carboxylic acid groups (broad SMARTS) is 1. The SMILES string of the molecule is CC(C)[C@H](NC(=O)N1CCn2c1nc1ccccc12)C(=O)N[C@H](C(=O)O)[C@@H](C)O. The van der Waals surface area contributed by atoms with Gasteiger partial charge in [-0.05, 0) is 25.0 Å². The smallest absolute Gasteiger partial charge is 0.328 e. The van der Waals surface area contributed by atoms with Crippen LogP contribution in [0.2, 0.25) is 0 Å². The second-order valence-electron chi connectivity index (χ2n) is 7.44. The Balaban J connectivity index is 1.76. The predicted molar refractivity (Wildman–Crippen MR) is 105 cm³/mol. The summed E-state index contributed by atoms with van der Waals surface area (Å²) in [5.41, 5.74) is 1.71. The van der Waals surface area contributed by atoms with Gasteiger partial charge in [0.05, 0.1) is 17.1 Å². The van der Waals surface area contributed by atoms with Gasteiger partial charge in [-0.1, -0.05) is 26.0 Å². The molecule has 0 radical (unpaired) electrons. The molecule has 0 fully saturated rings. The number of benzene rings is 1. The second-order valence-corrected chi connectivity index (χ2v) is 7.44.